The number of hydrogen-bond acceptors (Lipinski definition) is 7. The third-order valence-electron chi connectivity index (χ3n) is 5.00. The number of nitrogens with one attached hydrogen (secondary N) is 1. The van der Waals surface area contributed by atoms with Crippen molar-refractivity contribution in [3.63, 3.8) is 0 Å². The zero-order valence-corrected chi connectivity index (χ0v) is 18.8. The number of rotatable bonds is 8. The van der Waals surface area contributed by atoms with Crippen LogP contribution in [0.4, 0.5) is 10.2 Å². The number of imidazole rings is 1. The van der Waals surface area contributed by atoms with Crippen molar-refractivity contribution >= 4 is 17.9 Å². The summed E-state index contributed by atoms with van der Waals surface area (Å²) in [6, 6.07) is 14.8. The van der Waals surface area contributed by atoms with E-state index in [9.17, 15) is 19.3 Å². The maximum absolute atomic E-state index is 13.3. The number of nitrogens with zero attached hydrogens (tertiary/aromatic N) is 6. The van der Waals surface area contributed by atoms with E-state index in [2.05, 4.69) is 20.6 Å². The summed E-state index contributed by atoms with van der Waals surface area (Å²) in [6.07, 6.45) is 2.46. The minimum Gasteiger partial charge on any atom is -0.438 e. The van der Waals surface area contributed by atoms with Gasteiger partial charge in [0.25, 0.3) is 5.91 Å². The Labute approximate surface area is 198 Å². The number of amides is 1. The van der Waals surface area contributed by atoms with Crippen molar-refractivity contribution in [1.82, 2.24) is 24.8 Å². The average molecular weight is 477 g/mol. The summed E-state index contributed by atoms with van der Waals surface area (Å²) >= 11 is 0. The molecule has 0 radical (unpaired) electrons. The Morgan fingerprint density at radius 1 is 1.20 bits per heavy atom. The molecule has 35 heavy (non-hydrogen) atoms. The maximum Gasteiger partial charge on any atom is 0.343 e. The average Bonchev–Trinajstić information content (AvgIpc) is 3.35. The largest absolute Gasteiger partial charge is 0.438 e. The van der Waals surface area contributed by atoms with Gasteiger partial charge in [-0.3, -0.25) is 4.79 Å². The molecule has 0 aliphatic heterocycles. The number of aromatic nitrogens is 4. The van der Waals surface area contributed by atoms with Gasteiger partial charge >= 0.3 is 5.82 Å². The smallest absolute Gasteiger partial charge is 0.343 e. The van der Waals surface area contributed by atoms with Crippen LogP contribution >= 0.6 is 0 Å². The molecule has 2 heterocycles. The highest BCUT2D eigenvalue weighted by molar-refractivity contribution is 5.86. The molecule has 0 aliphatic rings. The van der Waals surface area contributed by atoms with Gasteiger partial charge in [0.2, 0.25) is 5.88 Å². The minimum absolute atomic E-state index is 0.295. The lowest BCUT2D eigenvalue weighted by Gasteiger charge is -2.10. The van der Waals surface area contributed by atoms with Crippen LogP contribution in [-0.2, 0) is 11.3 Å². The molecule has 0 atom stereocenters. The molecule has 0 bridgehead atoms. The number of carbonyl (C=O) groups is 1. The van der Waals surface area contributed by atoms with Gasteiger partial charge in [-0.2, -0.15) is 14.9 Å². The van der Waals surface area contributed by atoms with Crippen LogP contribution in [0.15, 0.2) is 65.9 Å². The van der Waals surface area contributed by atoms with Gasteiger partial charge in [-0.05, 0) is 48.2 Å². The lowest BCUT2D eigenvalue weighted by molar-refractivity contribution is -0.392. The van der Waals surface area contributed by atoms with Gasteiger partial charge < -0.3 is 14.9 Å². The highest BCUT2D eigenvalue weighted by Crippen LogP contribution is 2.29. The molecule has 0 fully saturated rings. The molecule has 178 valence electrons. The van der Waals surface area contributed by atoms with Crippen molar-refractivity contribution in [2.24, 2.45) is 5.10 Å². The van der Waals surface area contributed by atoms with Crippen LogP contribution in [0, 0.1) is 29.8 Å². The third-order valence-corrected chi connectivity index (χ3v) is 5.00. The molecule has 12 heteroatoms. The first-order valence-corrected chi connectivity index (χ1v) is 10.4. The summed E-state index contributed by atoms with van der Waals surface area (Å²) in [7, 11) is 0. The molecule has 1 N–H and O–H groups in total. The molecule has 2 aromatic carbocycles. The monoisotopic (exact) mass is 477 g/mol. The second kappa shape index (κ2) is 9.95. The van der Waals surface area contributed by atoms with Crippen molar-refractivity contribution in [3.05, 3.63) is 93.8 Å². The summed E-state index contributed by atoms with van der Waals surface area (Å²) < 4.78 is 22.1. The quantitative estimate of drug-likeness (QED) is 0.234. The lowest BCUT2D eigenvalue weighted by Crippen LogP contribution is -2.24. The number of aryl methyl sites for hydroxylation is 2. The van der Waals surface area contributed by atoms with Crippen LogP contribution in [0.25, 0.3) is 5.69 Å². The van der Waals surface area contributed by atoms with E-state index >= 15 is 0 Å². The first-order chi connectivity index (χ1) is 16.8. The molecule has 0 unspecified atom stereocenters. The van der Waals surface area contributed by atoms with Crippen LogP contribution in [0.5, 0.6) is 11.6 Å². The van der Waals surface area contributed by atoms with Crippen molar-refractivity contribution in [1.29, 1.82) is 0 Å². The second-order valence-electron chi connectivity index (χ2n) is 7.41. The Bertz CT molecular complexity index is 1400. The van der Waals surface area contributed by atoms with E-state index in [1.54, 1.807) is 18.5 Å². The number of hydrogen-bond donors (Lipinski definition) is 1. The molecule has 0 aliphatic carbocycles. The number of halogens is 1. The number of nitro groups is 1. The lowest BCUT2D eigenvalue weighted by atomic mass is 10.2. The van der Waals surface area contributed by atoms with E-state index in [1.165, 1.54) is 35.0 Å². The van der Waals surface area contributed by atoms with Crippen molar-refractivity contribution in [3.8, 4) is 17.3 Å². The fourth-order valence-corrected chi connectivity index (χ4v) is 3.27. The van der Waals surface area contributed by atoms with Crippen LogP contribution in [0.1, 0.15) is 17.1 Å². The Morgan fingerprint density at radius 2 is 1.91 bits per heavy atom. The first kappa shape index (κ1) is 23.3. The molecule has 0 saturated carbocycles. The predicted octanol–water partition coefficient (Wildman–Crippen LogP) is 3.68. The highest BCUT2D eigenvalue weighted by atomic mass is 19.1. The zero-order chi connectivity index (χ0) is 24.9. The standard InChI is InChI=1S/C23H20FN7O4/c1-15-20(12-26-27-21(32)14-29-16(2)25-13-22(29)31(33)34)23(35-19-10-8-17(24)9-11-19)30(28-15)18-6-4-3-5-7-18/h3-13H,14H2,1-2H3,(H,27,32)/b26-12+. The Hall–Kier alpha value is -4.87. The van der Waals surface area contributed by atoms with Crippen molar-refractivity contribution < 1.29 is 18.8 Å². The maximum atomic E-state index is 13.3. The minimum atomic E-state index is -0.614. The summed E-state index contributed by atoms with van der Waals surface area (Å²) in [5, 5.41) is 19.6. The van der Waals surface area contributed by atoms with Gasteiger partial charge in [0, 0.05) is 6.92 Å². The number of para-hydroxylation sites is 1. The molecule has 0 saturated heterocycles. The number of hydrazone groups is 1. The van der Waals surface area contributed by atoms with Crippen molar-refractivity contribution in [2.45, 2.75) is 20.4 Å². The summed E-state index contributed by atoms with van der Waals surface area (Å²) in [4.78, 5) is 26.7. The number of carbonyl (C=O) groups excluding carboxylic acids is 1. The van der Waals surface area contributed by atoms with Crippen LogP contribution in [-0.4, -0.2) is 36.4 Å². The van der Waals surface area contributed by atoms with Gasteiger partial charge in [0.15, 0.2) is 12.4 Å². The Morgan fingerprint density at radius 3 is 2.60 bits per heavy atom. The normalized spacial score (nSPS) is 11.1. The molecule has 1 amide bonds. The van der Waals surface area contributed by atoms with Crippen LogP contribution in [0.3, 0.4) is 0 Å². The fourth-order valence-electron chi connectivity index (χ4n) is 3.27. The molecular weight excluding hydrogens is 457 g/mol. The third kappa shape index (κ3) is 5.21. The molecule has 11 nitrogen and oxygen atoms in total. The van der Waals surface area contributed by atoms with Crippen LogP contribution in [0.2, 0.25) is 0 Å². The van der Waals surface area contributed by atoms with E-state index in [4.69, 9.17) is 4.74 Å². The number of benzene rings is 2. The van der Waals surface area contributed by atoms with Gasteiger partial charge in [-0.1, -0.05) is 18.2 Å². The molecule has 0 spiro atoms. The van der Waals surface area contributed by atoms with E-state index in [0.717, 1.165) is 11.9 Å². The summed E-state index contributed by atoms with van der Waals surface area (Å²) in [6.45, 7) is 2.98. The first-order valence-electron chi connectivity index (χ1n) is 10.4. The van der Waals surface area contributed by atoms with E-state index in [-0.39, 0.29) is 12.4 Å². The van der Waals surface area contributed by atoms with Gasteiger partial charge in [0.1, 0.15) is 17.8 Å². The Balaban J connectivity index is 1.59. The zero-order valence-electron chi connectivity index (χ0n) is 18.8. The van der Waals surface area contributed by atoms with Crippen LogP contribution < -0.4 is 10.2 Å². The predicted molar refractivity (Wildman–Crippen MR) is 124 cm³/mol. The Kier molecular flexibility index (Phi) is 6.62. The summed E-state index contributed by atoms with van der Waals surface area (Å²) in [5.41, 5.74) is 4.11. The molecule has 4 aromatic rings. The highest BCUT2D eigenvalue weighted by Gasteiger charge is 2.21. The van der Waals surface area contributed by atoms with Gasteiger partial charge in [0.05, 0.1) is 23.2 Å². The van der Waals surface area contributed by atoms with E-state index < -0.39 is 16.6 Å². The van der Waals surface area contributed by atoms with Gasteiger partial charge in [-0.25, -0.2) is 19.4 Å². The molecular formula is C23H20FN7O4. The summed E-state index contributed by atoms with van der Waals surface area (Å²) in [5.74, 6) is -0.269. The molecule has 4 rings (SSSR count). The SMILES string of the molecule is Cc1nn(-c2ccccc2)c(Oc2ccc(F)cc2)c1/C=N/NC(=O)Cn1c([N+](=O)[O-])cnc1C. The molecule has 2 aromatic heterocycles. The fraction of sp³-hybridized carbons (Fsp3) is 0.130. The second-order valence-corrected chi connectivity index (χ2v) is 7.41. The van der Waals surface area contributed by atoms with E-state index in [0.29, 0.717) is 28.7 Å². The van der Waals surface area contributed by atoms with Gasteiger partial charge in [-0.15, -0.1) is 0 Å². The topological polar surface area (TPSA) is 129 Å². The van der Waals surface area contributed by atoms with E-state index in [1.807, 2.05) is 30.3 Å². The number of ether oxygens (including phenoxy) is 1. The van der Waals surface area contributed by atoms with Crippen molar-refractivity contribution in [2.75, 3.05) is 0 Å².